The minimum absolute atomic E-state index is 0.457. The van der Waals surface area contributed by atoms with E-state index in [9.17, 15) is 0 Å². The molecule has 0 aliphatic carbocycles. The van der Waals surface area contributed by atoms with Crippen LogP contribution in [0.4, 0.5) is 17.8 Å². The number of nitrogens with zero attached hydrogens (tertiary/aromatic N) is 5. The van der Waals surface area contributed by atoms with Crippen LogP contribution in [0.5, 0.6) is 0 Å². The van der Waals surface area contributed by atoms with Gasteiger partial charge in [0.15, 0.2) is 0 Å². The van der Waals surface area contributed by atoms with Crippen molar-refractivity contribution in [1.82, 2.24) is 15.0 Å². The summed E-state index contributed by atoms with van der Waals surface area (Å²) in [6.07, 6.45) is 7.36. The van der Waals surface area contributed by atoms with Gasteiger partial charge in [0.2, 0.25) is 17.8 Å². The molecule has 1 unspecified atom stereocenters. The molecule has 0 bridgehead atoms. The quantitative estimate of drug-likeness (QED) is 0.645. The Labute approximate surface area is 125 Å². The fraction of sp³-hybridized carbons (Fsp3) is 0.786. The zero-order chi connectivity index (χ0) is 14.7. The van der Waals surface area contributed by atoms with Crippen molar-refractivity contribution in [1.29, 1.82) is 0 Å². The number of hydrogen-bond acceptors (Lipinski definition) is 7. The molecule has 3 N–H and O–H groups in total. The summed E-state index contributed by atoms with van der Waals surface area (Å²) < 4.78 is 0. The topological polar surface area (TPSA) is 83.2 Å². The average molecular weight is 291 g/mol. The Hall–Kier alpha value is -1.63. The van der Waals surface area contributed by atoms with Crippen LogP contribution < -0.4 is 21.1 Å². The fourth-order valence-corrected chi connectivity index (χ4v) is 3.18. The van der Waals surface area contributed by atoms with Crippen LogP contribution in [0.15, 0.2) is 0 Å². The molecule has 7 nitrogen and oxygen atoms in total. The molecule has 116 valence electrons. The summed E-state index contributed by atoms with van der Waals surface area (Å²) >= 11 is 0. The second-order valence-corrected chi connectivity index (χ2v) is 5.99. The standard InChI is InChI=1S/C14H25N7/c1-11-7-3-6-10-21(11)14-17-12(19-15)16-13(18-14)20-8-4-2-5-9-20/h11H,2-10,15H2,1H3,(H,16,17,18,19). The second-order valence-electron chi connectivity index (χ2n) is 5.99. The predicted octanol–water partition coefficient (Wildman–Crippen LogP) is 1.53. The van der Waals surface area contributed by atoms with Gasteiger partial charge in [0.25, 0.3) is 0 Å². The van der Waals surface area contributed by atoms with Crippen LogP contribution in [0.2, 0.25) is 0 Å². The molecule has 1 atom stereocenters. The summed E-state index contributed by atoms with van der Waals surface area (Å²) in [6.45, 7) is 5.28. The normalized spacial score (nSPS) is 23.2. The largest absolute Gasteiger partial charge is 0.341 e. The molecule has 0 saturated carbocycles. The smallest absolute Gasteiger partial charge is 0.243 e. The lowest BCUT2D eigenvalue weighted by atomic mass is 10.0. The second kappa shape index (κ2) is 6.43. The van der Waals surface area contributed by atoms with Crippen LogP contribution in [-0.2, 0) is 0 Å². The Balaban J connectivity index is 1.88. The molecule has 3 heterocycles. The van der Waals surface area contributed by atoms with Crippen molar-refractivity contribution in [3.05, 3.63) is 0 Å². The van der Waals surface area contributed by atoms with Crippen molar-refractivity contribution >= 4 is 17.8 Å². The van der Waals surface area contributed by atoms with Crippen LogP contribution >= 0.6 is 0 Å². The number of aromatic nitrogens is 3. The summed E-state index contributed by atoms with van der Waals surface area (Å²) in [5.41, 5.74) is 2.59. The molecule has 2 aliphatic heterocycles. The highest BCUT2D eigenvalue weighted by molar-refractivity contribution is 5.45. The van der Waals surface area contributed by atoms with E-state index in [0.717, 1.165) is 31.5 Å². The molecule has 1 aromatic heterocycles. The number of anilines is 3. The zero-order valence-corrected chi connectivity index (χ0v) is 12.8. The Morgan fingerprint density at radius 2 is 1.67 bits per heavy atom. The van der Waals surface area contributed by atoms with E-state index in [1.165, 1.54) is 38.5 Å². The minimum Gasteiger partial charge on any atom is -0.341 e. The third-order valence-electron chi connectivity index (χ3n) is 4.44. The molecule has 2 aliphatic rings. The van der Waals surface area contributed by atoms with E-state index in [2.05, 4.69) is 32.1 Å². The maximum Gasteiger partial charge on any atom is 0.243 e. The van der Waals surface area contributed by atoms with E-state index in [4.69, 9.17) is 10.8 Å². The summed E-state index contributed by atoms with van der Waals surface area (Å²) in [5, 5.41) is 0. The molecule has 0 spiro atoms. The van der Waals surface area contributed by atoms with Crippen molar-refractivity contribution in [3.8, 4) is 0 Å². The molecular formula is C14H25N7. The Kier molecular flexibility index (Phi) is 4.38. The van der Waals surface area contributed by atoms with Crippen molar-refractivity contribution in [2.75, 3.05) is 34.9 Å². The van der Waals surface area contributed by atoms with Gasteiger partial charge in [-0.2, -0.15) is 15.0 Å². The van der Waals surface area contributed by atoms with E-state index < -0.39 is 0 Å². The number of nitrogens with two attached hydrogens (primary N) is 1. The molecule has 3 rings (SSSR count). The van der Waals surface area contributed by atoms with Crippen LogP contribution in [0.25, 0.3) is 0 Å². The first-order chi connectivity index (χ1) is 10.3. The average Bonchev–Trinajstić information content (AvgIpc) is 2.55. The maximum absolute atomic E-state index is 5.54. The van der Waals surface area contributed by atoms with E-state index in [1.807, 2.05) is 0 Å². The van der Waals surface area contributed by atoms with Crippen molar-refractivity contribution < 1.29 is 0 Å². The summed E-state index contributed by atoms with van der Waals surface area (Å²) in [4.78, 5) is 18.1. The number of piperidine rings is 2. The van der Waals surface area contributed by atoms with Crippen LogP contribution in [0.1, 0.15) is 45.4 Å². The van der Waals surface area contributed by atoms with Gasteiger partial charge in [-0.25, -0.2) is 5.84 Å². The lowest BCUT2D eigenvalue weighted by Gasteiger charge is -2.34. The van der Waals surface area contributed by atoms with Crippen LogP contribution in [0, 0.1) is 0 Å². The van der Waals surface area contributed by atoms with Gasteiger partial charge in [0, 0.05) is 25.7 Å². The SMILES string of the molecule is CC1CCCCN1c1nc(NN)nc(N2CCCCC2)n1. The predicted molar refractivity (Wildman–Crippen MR) is 84.4 cm³/mol. The number of rotatable bonds is 3. The van der Waals surface area contributed by atoms with Gasteiger partial charge in [0.05, 0.1) is 0 Å². The Morgan fingerprint density at radius 3 is 2.38 bits per heavy atom. The first-order valence-electron chi connectivity index (χ1n) is 8.02. The molecule has 0 radical (unpaired) electrons. The first kappa shape index (κ1) is 14.3. The number of nitrogen functional groups attached to an aromatic ring is 1. The third kappa shape index (κ3) is 3.18. The van der Waals surface area contributed by atoms with Crippen LogP contribution in [0.3, 0.4) is 0 Å². The van der Waals surface area contributed by atoms with Gasteiger partial charge in [-0.05, 0) is 45.4 Å². The Bertz CT molecular complexity index is 472. The van der Waals surface area contributed by atoms with Gasteiger partial charge in [0.1, 0.15) is 0 Å². The van der Waals surface area contributed by atoms with Gasteiger partial charge < -0.3 is 9.80 Å². The fourth-order valence-electron chi connectivity index (χ4n) is 3.18. The van der Waals surface area contributed by atoms with E-state index in [-0.39, 0.29) is 0 Å². The summed E-state index contributed by atoms with van der Waals surface area (Å²) in [6, 6.07) is 0.473. The highest BCUT2D eigenvalue weighted by atomic mass is 15.4. The number of hydrogen-bond donors (Lipinski definition) is 2. The van der Waals surface area contributed by atoms with Crippen molar-refractivity contribution in [2.45, 2.75) is 51.5 Å². The molecule has 0 aromatic carbocycles. The van der Waals surface area contributed by atoms with Gasteiger partial charge in [-0.1, -0.05) is 0 Å². The molecular weight excluding hydrogens is 266 g/mol. The van der Waals surface area contributed by atoms with E-state index >= 15 is 0 Å². The van der Waals surface area contributed by atoms with Gasteiger partial charge >= 0.3 is 0 Å². The molecule has 2 saturated heterocycles. The molecule has 2 fully saturated rings. The third-order valence-corrected chi connectivity index (χ3v) is 4.44. The molecule has 7 heteroatoms. The number of hydrazine groups is 1. The van der Waals surface area contributed by atoms with E-state index in [1.54, 1.807) is 0 Å². The Morgan fingerprint density at radius 1 is 0.952 bits per heavy atom. The molecule has 21 heavy (non-hydrogen) atoms. The van der Waals surface area contributed by atoms with E-state index in [0.29, 0.717) is 12.0 Å². The monoisotopic (exact) mass is 291 g/mol. The summed E-state index contributed by atoms with van der Waals surface area (Å²) in [5.74, 6) is 7.51. The lowest BCUT2D eigenvalue weighted by Crippen LogP contribution is -2.39. The highest BCUT2D eigenvalue weighted by Crippen LogP contribution is 2.25. The zero-order valence-electron chi connectivity index (χ0n) is 12.8. The molecule has 1 aromatic rings. The number of nitrogens with one attached hydrogen (secondary N) is 1. The van der Waals surface area contributed by atoms with Gasteiger partial charge in [-0.3, -0.25) is 5.43 Å². The maximum atomic E-state index is 5.54. The van der Waals surface area contributed by atoms with Crippen molar-refractivity contribution in [3.63, 3.8) is 0 Å². The van der Waals surface area contributed by atoms with Crippen LogP contribution in [-0.4, -0.2) is 40.6 Å². The van der Waals surface area contributed by atoms with Gasteiger partial charge in [-0.15, -0.1) is 0 Å². The van der Waals surface area contributed by atoms with Crippen molar-refractivity contribution in [2.24, 2.45) is 5.84 Å². The summed E-state index contributed by atoms with van der Waals surface area (Å²) in [7, 11) is 0. The molecule has 0 amide bonds. The lowest BCUT2D eigenvalue weighted by molar-refractivity contribution is 0.476. The minimum atomic E-state index is 0.457. The highest BCUT2D eigenvalue weighted by Gasteiger charge is 2.23. The first-order valence-corrected chi connectivity index (χ1v) is 8.02.